The predicted octanol–water partition coefficient (Wildman–Crippen LogP) is 0.00430. The molecule has 1 saturated heterocycles. The Morgan fingerprint density at radius 3 is 2.71 bits per heavy atom. The van der Waals surface area contributed by atoms with E-state index in [-0.39, 0.29) is 6.61 Å². The highest BCUT2D eigenvalue weighted by molar-refractivity contribution is 5.85. The molecule has 134 valence electrons. The largest absolute Gasteiger partial charge is 0.449 e. The van der Waals surface area contributed by atoms with Gasteiger partial charge in [0.1, 0.15) is 12.2 Å². The number of anilines is 1. The smallest absolute Gasteiger partial charge is 0.415 e. The molecule has 0 saturated carbocycles. The molecule has 9 nitrogen and oxygen atoms in total. The van der Waals surface area contributed by atoms with Crippen LogP contribution in [0.3, 0.4) is 0 Å². The maximum absolute atomic E-state index is 14.3. The SMILES string of the molecule is CCCOC(=O)N(C)c1nc(=O)n([C@H]2O[C@@H](C)[C@H](O)[C@@H]2O)cc1F. The van der Waals surface area contributed by atoms with Crippen LogP contribution in [0.15, 0.2) is 11.0 Å². The Hall–Kier alpha value is -2.04. The normalized spacial score (nSPS) is 26.4. The molecule has 1 fully saturated rings. The summed E-state index contributed by atoms with van der Waals surface area (Å²) >= 11 is 0. The number of carbonyl (C=O) groups excluding carboxylic acids is 1. The summed E-state index contributed by atoms with van der Waals surface area (Å²) in [7, 11) is 1.22. The zero-order valence-electron chi connectivity index (χ0n) is 13.5. The van der Waals surface area contributed by atoms with Crippen LogP contribution in [0.4, 0.5) is 15.0 Å². The average molecular weight is 345 g/mol. The number of aliphatic hydroxyl groups is 2. The Bertz CT molecular complexity index is 666. The average Bonchev–Trinajstić information content (AvgIpc) is 2.81. The summed E-state index contributed by atoms with van der Waals surface area (Å²) in [5.74, 6) is -1.48. The van der Waals surface area contributed by atoms with Gasteiger partial charge in [0.05, 0.1) is 18.9 Å². The molecule has 0 radical (unpaired) electrons. The molecule has 24 heavy (non-hydrogen) atoms. The molecule has 1 aliphatic heterocycles. The molecule has 0 aromatic carbocycles. The number of hydrogen-bond donors (Lipinski definition) is 2. The van der Waals surface area contributed by atoms with Gasteiger partial charge in [-0.1, -0.05) is 6.92 Å². The van der Waals surface area contributed by atoms with E-state index in [4.69, 9.17) is 9.47 Å². The van der Waals surface area contributed by atoms with Crippen molar-refractivity contribution in [2.75, 3.05) is 18.6 Å². The summed E-state index contributed by atoms with van der Waals surface area (Å²) in [6.07, 6.45) is -4.10. The summed E-state index contributed by atoms with van der Waals surface area (Å²) in [6.45, 7) is 3.46. The van der Waals surface area contributed by atoms with E-state index in [1.54, 1.807) is 6.92 Å². The predicted molar refractivity (Wildman–Crippen MR) is 80.1 cm³/mol. The summed E-state index contributed by atoms with van der Waals surface area (Å²) < 4.78 is 25.1. The number of rotatable bonds is 4. The van der Waals surface area contributed by atoms with Gasteiger partial charge in [0.2, 0.25) is 0 Å². The Labute approximate surface area is 137 Å². The Kier molecular flexibility index (Phi) is 5.52. The molecule has 0 spiro atoms. The molecule has 4 atom stereocenters. The third-order valence-electron chi connectivity index (χ3n) is 3.66. The zero-order valence-corrected chi connectivity index (χ0v) is 13.5. The Morgan fingerprint density at radius 2 is 2.17 bits per heavy atom. The summed E-state index contributed by atoms with van der Waals surface area (Å²) in [4.78, 5) is 28.1. The van der Waals surface area contributed by atoms with Gasteiger partial charge in [-0.2, -0.15) is 4.98 Å². The highest BCUT2D eigenvalue weighted by Gasteiger charge is 2.42. The molecule has 10 heteroatoms. The van der Waals surface area contributed by atoms with Crippen molar-refractivity contribution >= 4 is 11.9 Å². The maximum Gasteiger partial charge on any atom is 0.415 e. The molecular formula is C14H20FN3O6. The molecule has 0 unspecified atom stereocenters. The number of aliphatic hydroxyl groups excluding tert-OH is 2. The molecule has 1 amide bonds. The molecule has 1 aromatic rings. The standard InChI is InChI=1S/C14H20FN3O6/c1-4-5-23-14(22)17(3)11-8(15)6-18(13(21)16-11)12-10(20)9(19)7(2)24-12/h6-7,9-10,12,19-20H,4-5H2,1-3H3/t7-,9-,10-,12-/m0/s1. The van der Waals surface area contributed by atoms with E-state index in [1.807, 2.05) is 0 Å². The van der Waals surface area contributed by atoms with Gasteiger partial charge >= 0.3 is 11.8 Å². The number of hydrogen-bond acceptors (Lipinski definition) is 7. The topological polar surface area (TPSA) is 114 Å². The van der Waals surface area contributed by atoms with Crippen LogP contribution in [0.25, 0.3) is 0 Å². The van der Waals surface area contributed by atoms with Gasteiger partial charge in [-0.05, 0) is 13.3 Å². The van der Waals surface area contributed by atoms with Crippen LogP contribution in [-0.4, -0.2) is 57.8 Å². The van der Waals surface area contributed by atoms with E-state index in [0.717, 1.165) is 15.7 Å². The molecule has 2 rings (SSSR count). The van der Waals surface area contributed by atoms with Crippen LogP contribution in [0.2, 0.25) is 0 Å². The van der Waals surface area contributed by atoms with Crippen molar-refractivity contribution in [3.8, 4) is 0 Å². The minimum atomic E-state index is -1.41. The van der Waals surface area contributed by atoms with Crippen molar-refractivity contribution in [2.45, 2.75) is 44.8 Å². The third kappa shape index (κ3) is 3.40. The molecule has 1 aromatic heterocycles. The fourth-order valence-electron chi connectivity index (χ4n) is 2.28. The van der Waals surface area contributed by atoms with Crippen LogP contribution in [0, 0.1) is 5.82 Å². The third-order valence-corrected chi connectivity index (χ3v) is 3.66. The van der Waals surface area contributed by atoms with Crippen molar-refractivity contribution in [3.63, 3.8) is 0 Å². The second kappa shape index (κ2) is 7.24. The molecule has 0 bridgehead atoms. The number of aromatic nitrogens is 2. The van der Waals surface area contributed by atoms with Crippen LogP contribution in [0.5, 0.6) is 0 Å². The Balaban J connectivity index is 2.29. The monoisotopic (exact) mass is 345 g/mol. The number of halogens is 1. The van der Waals surface area contributed by atoms with E-state index in [9.17, 15) is 24.2 Å². The number of nitrogens with zero attached hydrogens (tertiary/aromatic N) is 3. The lowest BCUT2D eigenvalue weighted by molar-refractivity contribution is -0.0355. The molecular weight excluding hydrogens is 325 g/mol. The first-order valence-corrected chi connectivity index (χ1v) is 7.48. The van der Waals surface area contributed by atoms with Gasteiger partial charge in [0, 0.05) is 7.05 Å². The van der Waals surface area contributed by atoms with Gasteiger partial charge in [-0.3, -0.25) is 9.47 Å². The van der Waals surface area contributed by atoms with Gasteiger partial charge < -0.3 is 19.7 Å². The van der Waals surface area contributed by atoms with Crippen molar-refractivity contribution < 1.29 is 28.9 Å². The second-order valence-corrected chi connectivity index (χ2v) is 5.49. The van der Waals surface area contributed by atoms with E-state index in [1.165, 1.54) is 14.0 Å². The van der Waals surface area contributed by atoms with E-state index in [0.29, 0.717) is 6.42 Å². The number of ether oxygens (including phenoxy) is 2. The molecule has 0 aliphatic carbocycles. The van der Waals surface area contributed by atoms with E-state index < -0.39 is 48.0 Å². The maximum atomic E-state index is 14.3. The highest BCUT2D eigenvalue weighted by atomic mass is 19.1. The van der Waals surface area contributed by atoms with Gasteiger partial charge in [-0.15, -0.1) is 0 Å². The first-order valence-electron chi connectivity index (χ1n) is 7.48. The lowest BCUT2D eigenvalue weighted by Gasteiger charge is -2.20. The first kappa shape index (κ1) is 18.3. The van der Waals surface area contributed by atoms with Gasteiger partial charge in [0.15, 0.2) is 17.9 Å². The Morgan fingerprint density at radius 1 is 1.50 bits per heavy atom. The van der Waals surface area contributed by atoms with Crippen LogP contribution >= 0.6 is 0 Å². The van der Waals surface area contributed by atoms with Crippen LogP contribution in [-0.2, 0) is 9.47 Å². The van der Waals surface area contributed by atoms with Crippen LogP contribution in [0.1, 0.15) is 26.5 Å². The first-order chi connectivity index (χ1) is 11.3. The van der Waals surface area contributed by atoms with Gasteiger partial charge in [-0.25, -0.2) is 14.0 Å². The fourth-order valence-corrected chi connectivity index (χ4v) is 2.28. The van der Waals surface area contributed by atoms with Crippen molar-refractivity contribution in [3.05, 3.63) is 22.5 Å². The van der Waals surface area contributed by atoms with Crippen LogP contribution < -0.4 is 10.6 Å². The van der Waals surface area contributed by atoms with Crippen molar-refractivity contribution in [1.82, 2.24) is 9.55 Å². The fraction of sp³-hybridized carbons (Fsp3) is 0.643. The van der Waals surface area contributed by atoms with E-state index in [2.05, 4.69) is 4.98 Å². The van der Waals surface area contributed by atoms with E-state index >= 15 is 0 Å². The molecule has 2 heterocycles. The van der Waals surface area contributed by atoms with Crippen molar-refractivity contribution in [1.29, 1.82) is 0 Å². The zero-order chi connectivity index (χ0) is 18.0. The summed E-state index contributed by atoms with van der Waals surface area (Å²) in [6, 6.07) is 0. The van der Waals surface area contributed by atoms with Crippen molar-refractivity contribution in [2.24, 2.45) is 0 Å². The molecule has 1 aliphatic rings. The second-order valence-electron chi connectivity index (χ2n) is 5.49. The quantitative estimate of drug-likeness (QED) is 0.790. The number of carbonyl (C=O) groups is 1. The lowest BCUT2D eigenvalue weighted by atomic mass is 10.1. The summed E-state index contributed by atoms with van der Waals surface area (Å²) in [5.41, 5.74) is -0.938. The highest BCUT2D eigenvalue weighted by Crippen LogP contribution is 2.28. The minimum absolute atomic E-state index is 0.153. The lowest BCUT2D eigenvalue weighted by Crippen LogP contribution is -2.37. The number of amides is 1. The molecule has 2 N–H and O–H groups in total. The van der Waals surface area contributed by atoms with Gasteiger partial charge in [0.25, 0.3) is 0 Å². The summed E-state index contributed by atoms with van der Waals surface area (Å²) in [5, 5.41) is 19.6. The minimum Gasteiger partial charge on any atom is -0.449 e.